The van der Waals surface area contributed by atoms with Crippen molar-refractivity contribution < 1.29 is 13.5 Å². The zero-order valence-electron chi connectivity index (χ0n) is 9.86. The van der Waals surface area contributed by atoms with E-state index in [4.69, 9.17) is 5.11 Å². The smallest absolute Gasteiger partial charge is 0.242 e. The molecule has 0 aliphatic heterocycles. The highest BCUT2D eigenvalue weighted by molar-refractivity contribution is 7.89. The molecule has 1 aromatic heterocycles. The number of aliphatic hydroxyl groups is 1. The third kappa shape index (κ3) is 2.38. The molecule has 96 valence electrons. The zero-order valence-corrected chi connectivity index (χ0v) is 10.7. The molecule has 0 saturated heterocycles. The maximum absolute atomic E-state index is 12.1. The van der Waals surface area contributed by atoms with Crippen molar-refractivity contribution in [3.8, 4) is 0 Å². The topological polar surface area (TPSA) is 82.2 Å². The van der Waals surface area contributed by atoms with E-state index in [0.29, 0.717) is 5.69 Å². The van der Waals surface area contributed by atoms with Crippen molar-refractivity contribution in [3.05, 3.63) is 18.0 Å². The fraction of sp³-hybridized carbons (Fsp3) is 0.636. The summed E-state index contributed by atoms with van der Waals surface area (Å²) in [4.78, 5) is 2.93. The minimum atomic E-state index is -3.47. The standard InChI is InChI=1S/C11H18N2O3S/c1-2-11(4-3-5-11)13-17(15,16)10-6-9(8-14)12-7-10/h6-7,12-14H,2-5,8H2,1H3. The summed E-state index contributed by atoms with van der Waals surface area (Å²) in [5.41, 5.74) is 0.250. The van der Waals surface area contributed by atoms with Crippen molar-refractivity contribution in [3.63, 3.8) is 0 Å². The van der Waals surface area contributed by atoms with Crippen LogP contribution in [-0.2, 0) is 16.6 Å². The molecule has 0 spiro atoms. The van der Waals surface area contributed by atoms with Gasteiger partial charge in [0.15, 0.2) is 0 Å². The molecular formula is C11H18N2O3S. The molecule has 1 aromatic rings. The van der Waals surface area contributed by atoms with Crippen molar-refractivity contribution in [2.75, 3.05) is 0 Å². The van der Waals surface area contributed by atoms with Gasteiger partial charge in [0.25, 0.3) is 0 Å². The lowest BCUT2D eigenvalue weighted by atomic mass is 9.76. The molecule has 5 nitrogen and oxygen atoms in total. The van der Waals surface area contributed by atoms with Gasteiger partial charge in [-0.15, -0.1) is 0 Å². The molecular weight excluding hydrogens is 240 g/mol. The van der Waals surface area contributed by atoms with Crippen LogP contribution in [0.4, 0.5) is 0 Å². The van der Waals surface area contributed by atoms with Crippen LogP contribution in [-0.4, -0.2) is 24.0 Å². The number of nitrogens with one attached hydrogen (secondary N) is 2. The number of aromatic amines is 1. The van der Waals surface area contributed by atoms with E-state index in [9.17, 15) is 8.42 Å². The monoisotopic (exact) mass is 258 g/mol. The highest BCUT2D eigenvalue weighted by atomic mass is 32.2. The molecule has 1 heterocycles. The van der Waals surface area contributed by atoms with Crippen molar-refractivity contribution in [2.45, 2.75) is 49.6 Å². The minimum absolute atomic E-state index is 0.186. The van der Waals surface area contributed by atoms with E-state index >= 15 is 0 Å². The molecule has 0 radical (unpaired) electrons. The number of sulfonamides is 1. The van der Waals surface area contributed by atoms with Crippen LogP contribution in [0.3, 0.4) is 0 Å². The minimum Gasteiger partial charge on any atom is -0.390 e. The first kappa shape index (κ1) is 12.6. The van der Waals surface area contributed by atoms with Gasteiger partial charge in [-0.25, -0.2) is 13.1 Å². The van der Waals surface area contributed by atoms with Gasteiger partial charge in [-0.1, -0.05) is 6.92 Å². The Morgan fingerprint density at radius 1 is 1.53 bits per heavy atom. The van der Waals surface area contributed by atoms with Gasteiger partial charge >= 0.3 is 0 Å². The second-order valence-corrected chi connectivity index (χ2v) is 6.29. The number of hydrogen-bond donors (Lipinski definition) is 3. The highest BCUT2D eigenvalue weighted by Gasteiger charge is 2.39. The van der Waals surface area contributed by atoms with Crippen LogP contribution in [0.1, 0.15) is 38.3 Å². The van der Waals surface area contributed by atoms with Crippen molar-refractivity contribution in [1.82, 2.24) is 9.71 Å². The number of aliphatic hydroxyl groups excluding tert-OH is 1. The van der Waals surface area contributed by atoms with Crippen LogP contribution in [0.5, 0.6) is 0 Å². The van der Waals surface area contributed by atoms with Crippen LogP contribution >= 0.6 is 0 Å². The third-order valence-corrected chi connectivity index (χ3v) is 5.09. The molecule has 1 aliphatic rings. The maximum atomic E-state index is 12.1. The lowest BCUT2D eigenvalue weighted by molar-refractivity contribution is 0.214. The van der Waals surface area contributed by atoms with Crippen molar-refractivity contribution in [2.24, 2.45) is 0 Å². The molecule has 1 aliphatic carbocycles. The van der Waals surface area contributed by atoms with E-state index in [1.807, 2.05) is 6.92 Å². The van der Waals surface area contributed by atoms with Gasteiger partial charge in [-0.2, -0.15) is 0 Å². The molecule has 17 heavy (non-hydrogen) atoms. The molecule has 0 amide bonds. The SMILES string of the molecule is CCC1(NS(=O)(=O)c2c[nH]c(CO)c2)CCC1. The van der Waals surface area contributed by atoms with Crippen LogP contribution in [0.25, 0.3) is 0 Å². The summed E-state index contributed by atoms with van der Waals surface area (Å²) in [5, 5.41) is 8.91. The first-order valence-corrected chi connectivity index (χ1v) is 7.32. The van der Waals surface area contributed by atoms with Crippen molar-refractivity contribution >= 4 is 10.0 Å². The molecule has 0 bridgehead atoms. The average molecular weight is 258 g/mol. The van der Waals surface area contributed by atoms with E-state index in [0.717, 1.165) is 25.7 Å². The van der Waals surface area contributed by atoms with Gasteiger partial charge in [-0.05, 0) is 31.7 Å². The molecule has 0 atom stereocenters. The quantitative estimate of drug-likeness (QED) is 0.740. The molecule has 2 rings (SSSR count). The Bertz CT molecular complexity index is 483. The lowest BCUT2D eigenvalue weighted by Gasteiger charge is -2.41. The Balaban J connectivity index is 2.18. The van der Waals surface area contributed by atoms with Crippen LogP contribution in [0.2, 0.25) is 0 Å². The average Bonchev–Trinajstić information content (AvgIpc) is 2.72. The normalized spacial score (nSPS) is 18.9. The predicted octanol–water partition coefficient (Wildman–Crippen LogP) is 1.12. The Hall–Kier alpha value is -0.850. The summed E-state index contributed by atoms with van der Waals surface area (Å²) in [5.74, 6) is 0. The van der Waals surface area contributed by atoms with Crippen molar-refractivity contribution in [1.29, 1.82) is 0 Å². The van der Waals surface area contributed by atoms with Crippen LogP contribution < -0.4 is 4.72 Å². The summed E-state index contributed by atoms with van der Waals surface area (Å²) in [6.07, 6.45) is 5.10. The fourth-order valence-corrected chi connectivity index (χ4v) is 3.69. The summed E-state index contributed by atoms with van der Waals surface area (Å²) in [6.45, 7) is 1.81. The first-order valence-electron chi connectivity index (χ1n) is 5.83. The lowest BCUT2D eigenvalue weighted by Crippen LogP contribution is -2.52. The summed E-state index contributed by atoms with van der Waals surface area (Å²) >= 11 is 0. The largest absolute Gasteiger partial charge is 0.390 e. The molecule has 3 N–H and O–H groups in total. The van der Waals surface area contributed by atoms with Gasteiger partial charge < -0.3 is 10.1 Å². The molecule has 6 heteroatoms. The van der Waals surface area contributed by atoms with Gasteiger partial charge in [0, 0.05) is 17.4 Å². The number of H-pyrrole nitrogens is 1. The molecule has 0 aromatic carbocycles. The molecule has 1 fully saturated rings. The van der Waals surface area contributed by atoms with E-state index in [1.54, 1.807) is 0 Å². The summed E-state index contributed by atoms with van der Waals surface area (Å²) in [6, 6.07) is 1.46. The molecule has 1 saturated carbocycles. The van der Waals surface area contributed by atoms with Crippen LogP contribution in [0, 0.1) is 0 Å². The number of rotatable bonds is 5. The second-order valence-electron chi connectivity index (χ2n) is 4.61. The Kier molecular flexibility index (Phi) is 3.29. The third-order valence-electron chi connectivity index (χ3n) is 3.54. The van der Waals surface area contributed by atoms with E-state index < -0.39 is 10.0 Å². The highest BCUT2D eigenvalue weighted by Crippen LogP contribution is 2.36. The Labute approximate surface area is 101 Å². The summed E-state index contributed by atoms with van der Waals surface area (Å²) < 4.78 is 27.0. The maximum Gasteiger partial charge on any atom is 0.242 e. The fourth-order valence-electron chi connectivity index (χ4n) is 2.14. The van der Waals surface area contributed by atoms with Gasteiger partial charge in [0.1, 0.15) is 0 Å². The van der Waals surface area contributed by atoms with Gasteiger partial charge in [-0.3, -0.25) is 0 Å². The van der Waals surface area contributed by atoms with E-state index in [2.05, 4.69) is 9.71 Å². The Morgan fingerprint density at radius 2 is 2.24 bits per heavy atom. The number of aromatic nitrogens is 1. The number of hydrogen-bond acceptors (Lipinski definition) is 3. The van der Waals surface area contributed by atoms with Gasteiger partial charge in [0.2, 0.25) is 10.0 Å². The summed E-state index contributed by atoms with van der Waals surface area (Å²) in [7, 11) is -3.47. The van der Waals surface area contributed by atoms with E-state index in [1.165, 1.54) is 12.3 Å². The molecule has 0 unspecified atom stereocenters. The van der Waals surface area contributed by atoms with E-state index in [-0.39, 0.29) is 17.0 Å². The first-order chi connectivity index (χ1) is 8.01. The Morgan fingerprint density at radius 3 is 2.65 bits per heavy atom. The van der Waals surface area contributed by atoms with Crippen LogP contribution in [0.15, 0.2) is 17.2 Å². The van der Waals surface area contributed by atoms with Gasteiger partial charge in [0.05, 0.1) is 11.5 Å². The second kappa shape index (κ2) is 4.44. The zero-order chi connectivity index (χ0) is 12.5. The predicted molar refractivity (Wildman–Crippen MR) is 63.9 cm³/mol.